The second-order valence-corrected chi connectivity index (χ2v) is 6.02. The molecular formula is C14H21N3O3. The molecule has 0 aromatic carbocycles. The van der Waals surface area contributed by atoms with Crippen LogP contribution in [0.15, 0.2) is 0 Å². The maximum Gasteiger partial charge on any atom is 0.410 e. The van der Waals surface area contributed by atoms with Crippen LogP contribution in [0.3, 0.4) is 0 Å². The molecule has 1 aromatic rings. The number of aromatic nitrogens is 2. The number of ether oxygens (including phenoxy) is 1. The molecule has 0 unspecified atom stereocenters. The van der Waals surface area contributed by atoms with Crippen molar-refractivity contribution in [1.29, 1.82) is 0 Å². The Morgan fingerprint density at radius 3 is 2.55 bits per heavy atom. The van der Waals surface area contributed by atoms with Crippen molar-refractivity contribution in [3.63, 3.8) is 0 Å². The van der Waals surface area contributed by atoms with Gasteiger partial charge in [-0.25, -0.2) is 4.79 Å². The number of aldehydes is 1. The average molecular weight is 279 g/mol. The Hall–Kier alpha value is -1.85. The van der Waals surface area contributed by atoms with Crippen molar-refractivity contribution in [3.05, 3.63) is 17.0 Å². The fourth-order valence-corrected chi connectivity index (χ4v) is 2.37. The van der Waals surface area contributed by atoms with E-state index in [1.165, 1.54) is 0 Å². The molecule has 110 valence electrons. The highest BCUT2D eigenvalue weighted by Gasteiger charge is 2.26. The second-order valence-electron chi connectivity index (χ2n) is 6.02. The van der Waals surface area contributed by atoms with Gasteiger partial charge in [-0.05, 0) is 27.2 Å². The molecule has 0 fully saturated rings. The fraction of sp³-hybridized carbons (Fsp3) is 0.643. The number of amides is 1. The highest BCUT2D eigenvalue weighted by Crippen LogP contribution is 2.19. The smallest absolute Gasteiger partial charge is 0.410 e. The van der Waals surface area contributed by atoms with Gasteiger partial charge in [0.2, 0.25) is 0 Å². The summed E-state index contributed by atoms with van der Waals surface area (Å²) in [5.41, 5.74) is 1.96. The summed E-state index contributed by atoms with van der Waals surface area (Å²) in [6.45, 7) is 6.67. The Kier molecular flexibility index (Phi) is 3.83. The lowest BCUT2D eigenvalue weighted by Crippen LogP contribution is -2.38. The topological polar surface area (TPSA) is 64.4 Å². The van der Waals surface area contributed by atoms with E-state index in [9.17, 15) is 9.59 Å². The Labute approximate surface area is 118 Å². The Morgan fingerprint density at radius 1 is 1.30 bits per heavy atom. The van der Waals surface area contributed by atoms with Gasteiger partial charge in [-0.3, -0.25) is 9.48 Å². The SMILES string of the molecule is Cn1nc2c(c1C=O)CCN(C(=O)OC(C)(C)C)CC2. The van der Waals surface area contributed by atoms with Gasteiger partial charge in [0.05, 0.1) is 5.69 Å². The van der Waals surface area contributed by atoms with Crippen molar-refractivity contribution in [1.82, 2.24) is 14.7 Å². The maximum absolute atomic E-state index is 12.1. The van der Waals surface area contributed by atoms with Crippen molar-refractivity contribution < 1.29 is 14.3 Å². The molecule has 0 saturated heterocycles. The van der Waals surface area contributed by atoms with E-state index in [0.717, 1.165) is 17.5 Å². The first kappa shape index (κ1) is 14.6. The van der Waals surface area contributed by atoms with Crippen LogP contribution in [0.2, 0.25) is 0 Å². The molecule has 0 radical (unpaired) electrons. The van der Waals surface area contributed by atoms with E-state index in [0.29, 0.717) is 31.6 Å². The monoisotopic (exact) mass is 279 g/mol. The lowest BCUT2D eigenvalue weighted by molar-refractivity contribution is 0.0258. The number of hydrogen-bond acceptors (Lipinski definition) is 4. The van der Waals surface area contributed by atoms with Crippen LogP contribution in [0.1, 0.15) is 42.5 Å². The quantitative estimate of drug-likeness (QED) is 0.732. The Morgan fingerprint density at radius 2 is 1.95 bits per heavy atom. The van der Waals surface area contributed by atoms with Crippen LogP contribution >= 0.6 is 0 Å². The largest absolute Gasteiger partial charge is 0.444 e. The molecular weight excluding hydrogens is 258 g/mol. The first-order valence-electron chi connectivity index (χ1n) is 6.79. The van der Waals surface area contributed by atoms with E-state index in [4.69, 9.17) is 4.74 Å². The molecule has 0 N–H and O–H groups in total. The van der Waals surface area contributed by atoms with Crippen LogP contribution < -0.4 is 0 Å². The van der Waals surface area contributed by atoms with Crippen molar-refractivity contribution in [2.75, 3.05) is 13.1 Å². The molecule has 0 aliphatic carbocycles. The van der Waals surface area contributed by atoms with Crippen LogP contribution in [-0.2, 0) is 24.6 Å². The molecule has 0 bridgehead atoms. The second kappa shape index (κ2) is 5.26. The number of rotatable bonds is 1. The van der Waals surface area contributed by atoms with Gasteiger partial charge in [0.15, 0.2) is 6.29 Å². The molecule has 20 heavy (non-hydrogen) atoms. The average Bonchev–Trinajstić information content (AvgIpc) is 2.50. The van der Waals surface area contributed by atoms with Crippen LogP contribution in [0, 0.1) is 0 Å². The van der Waals surface area contributed by atoms with E-state index in [2.05, 4.69) is 5.10 Å². The molecule has 6 heteroatoms. The van der Waals surface area contributed by atoms with Gasteiger partial charge >= 0.3 is 6.09 Å². The summed E-state index contributed by atoms with van der Waals surface area (Å²) in [4.78, 5) is 24.9. The van der Waals surface area contributed by atoms with Crippen molar-refractivity contribution >= 4 is 12.4 Å². The molecule has 1 aromatic heterocycles. The van der Waals surface area contributed by atoms with E-state index < -0.39 is 5.60 Å². The van der Waals surface area contributed by atoms with Crippen molar-refractivity contribution in [3.8, 4) is 0 Å². The van der Waals surface area contributed by atoms with E-state index in [-0.39, 0.29) is 6.09 Å². The minimum atomic E-state index is -0.496. The molecule has 0 saturated carbocycles. The number of nitrogens with zero attached hydrogens (tertiary/aromatic N) is 3. The first-order valence-corrected chi connectivity index (χ1v) is 6.79. The zero-order valence-corrected chi connectivity index (χ0v) is 12.5. The van der Waals surface area contributed by atoms with Gasteiger partial charge < -0.3 is 9.64 Å². The molecule has 2 rings (SSSR count). The van der Waals surface area contributed by atoms with Gasteiger partial charge in [0.25, 0.3) is 0 Å². The predicted molar refractivity (Wildman–Crippen MR) is 73.8 cm³/mol. The van der Waals surface area contributed by atoms with Gasteiger partial charge in [-0.1, -0.05) is 0 Å². The zero-order valence-electron chi connectivity index (χ0n) is 12.5. The standard InChI is InChI=1S/C14H21N3O3/c1-14(2,3)20-13(19)17-7-5-10-11(6-8-17)15-16(4)12(10)9-18/h9H,5-8H2,1-4H3. The normalized spacial score (nSPS) is 15.5. The number of fused-ring (bicyclic) bond motifs is 1. The van der Waals surface area contributed by atoms with E-state index >= 15 is 0 Å². The summed E-state index contributed by atoms with van der Waals surface area (Å²) in [5, 5.41) is 4.36. The number of carbonyl (C=O) groups is 2. The minimum absolute atomic E-state index is 0.306. The van der Waals surface area contributed by atoms with Crippen LogP contribution in [0.5, 0.6) is 0 Å². The number of carbonyl (C=O) groups excluding carboxylic acids is 2. The zero-order chi connectivity index (χ0) is 14.9. The third-order valence-corrected chi connectivity index (χ3v) is 3.29. The van der Waals surface area contributed by atoms with Gasteiger partial charge in [0.1, 0.15) is 11.3 Å². The maximum atomic E-state index is 12.1. The Balaban J connectivity index is 2.11. The molecule has 2 heterocycles. The molecule has 1 aliphatic heterocycles. The molecule has 1 amide bonds. The lowest BCUT2D eigenvalue weighted by atomic mass is 10.1. The summed E-state index contributed by atoms with van der Waals surface area (Å²) in [6, 6.07) is 0. The predicted octanol–water partition coefficient (Wildman–Crippen LogP) is 1.57. The molecule has 6 nitrogen and oxygen atoms in total. The highest BCUT2D eigenvalue weighted by atomic mass is 16.6. The fourth-order valence-electron chi connectivity index (χ4n) is 2.37. The highest BCUT2D eigenvalue weighted by molar-refractivity contribution is 5.75. The number of aryl methyl sites for hydroxylation is 1. The van der Waals surface area contributed by atoms with E-state index in [1.807, 2.05) is 20.8 Å². The van der Waals surface area contributed by atoms with Crippen LogP contribution in [0.25, 0.3) is 0 Å². The van der Waals surface area contributed by atoms with Crippen LogP contribution in [0.4, 0.5) is 4.79 Å². The summed E-state index contributed by atoms with van der Waals surface area (Å²) < 4.78 is 6.99. The van der Waals surface area contributed by atoms with Gasteiger partial charge in [-0.2, -0.15) is 5.10 Å². The van der Waals surface area contributed by atoms with Crippen LogP contribution in [-0.4, -0.2) is 45.8 Å². The van der Waals surface area contributed by atoms with Gasteiger partial charge in [0, 0.05) is 32.1 Å². The third kappa shape index (κ3) is 3.00. The van der Waals surface area contributed by atoms with Gasteiger partial charge in [-0.15, -0.1) is 0 Å². The number of hydrogen-bond donors (Lipinski definition) is 0. The minimum Gasteiger partial charge on any atom is -0.444 e. The first-order chi connectivity index (χ1) is 9.31. The summed E-state index contributed by atoms with van der Waals surface area (Å²) in [7, 11) is 1.77. The molecule has 0 spiro atoms. The third-order valence-electron chi connectivity index (χ3n) is 3.29. The molecule has 1 aliphatic rings. The Bertz CT molecular complexity index is 529. The summed E-state index contributed by atoms with van der Waals surface area (Å²) >= 11 is 0. The summed E-state index contributed by atoms with van der Waals surface area (Å²) in [5.74, 6) is 0. The molecule has 0 atom stereocenters. The summed E-state index contributed by atoms with van der Waals surface area (Å²) in [6.07, 6.45) is 1.81. The van der Waals surface area contributed by atoms with Crippen molar-refractivity contribution in [2.45, 2.75) is 39.2 Å². The lowest BCUT2D eigenvalue weighted by Gasteiger charge is -2.26. The van der Waals surface area contributed by atoms with E-state index in [1.54, 1.807) is 16.6 Å². The van der Waals surface area contributed by atoms with Crippen molar-refractivity contribution in [2.24, 2.45) is 7.05 Å².